The van der Waals surface area contributed by atoms with Crippen LogP contribution in [0.5, 0.6) is 0 Å². The van der Waals surface area contributed by atoms with Gasteiger partial charge in [-0.25, -0.2) is 4.39 Å². The zero-order valence-corrected chi connectivity index (χ0v) is 15.6. The highest BCUT2D eigenvalue weighted by atomic mass is 32.2. The van der Waals surface area contributed by atoms with Crippen molar-refractivity contribution in [2.24, 2.45) is 5.10 Å². The van der Waals surface area contributed by atoms with Gasteiger partial charge in [-0.05, 0) is 23.3 Å². The van der Waals surface area contributed by atoms with Crippen molar-refractivity contribution in [3.05, 3.63) is 102 Å². The molecule has 0 saturated heterocycles. The Kier molecular flexibility index (Phi) is 4.25. The first-order chi connectivity index (χ1) is 13.8. The molecule has 4 nitrogen and oxygen atoms in total. The fourth-order valence-electron chi connectivity index (χ4n) is 3.23. The van der Waals surface area contributed by atoms with Crippen LogP contribution >= 0.6 is 11.8 Å². The minimum absolute atomic E-state index is 0.000611. The molecule has 0 radical (unpaired) electrons. The van der Waals surface area contributed by atoms with Gasteiger partial charge >= 0.3 is 0 Å². The number of hydrogen-bond donors (Lipinski definition) is 0. The van der Waals surface area contributed by atoms with Gasteiger partial charge in [0.15, 0.2) is 5.82 Å². The number of hydrogen-bond acceptors (Lipinski definition) is 4. The van der Waals surface area contributed by atoms with Crippen LogP contribution in [0.15, 0.2) is 95.2 Å². The van der Waals surface area contributed by atoms with Gasteiger partial charge in [0, 0.05) is 5.56 Å². The molecule has 0 spiro atoms. The molecule has 0 unspecified atom stereocenters. The van der Waals surface area contributed by atoms with E-state index in [1.165, 1.54) is 12.1 Å². The minimum Gasteiger partial charge on any atom is -0.207 e. The fourth-order valence-corrected chi connectivity index (χ4v) is 4.34. The van der Waals surface area contributed by atoms with Crippen LogP contribution in [0, 0.1) is 5.82 Å². The van der Waals surface area contributed by atoms with Gasteiger partial charge in [-0.15, -0.1) is 10.2 Å². The van der Waals surface area contributed by atoms with E-state index >= 15 is 0 Å². The molecule has 2 heterocycles. The third-order valence-corrected chi connectivity index (χ3v) is 5.74. The molecule has 3 aromatic carbocycles. The number of aromatic nitrogens is 3. The molecule has 0 aliphatic carbocycles. The Hall–Kier alpha value is -3.25. The highest BCUT2D eigenvalue weighted by Crippen LogP contribution is 2.41. The van der Waals surface area contributed by atoms with Crippen molar-refractivity contribution in [1.29, 1.82) is 0 Å². The van der Waals surface area contributed by atoms with E-state index in [2.05, 4.69) is 22.3 Å². The van der Waals surface area contributed by atoms with Crippen LogP contribution in [-0.4, -0.2) is 20.6 Å². The van der Waals surface area contributed by atoms with Gasteiger partial charge in [0.25, 0.3) is 0 Å². The van der Waals surface area contributed by atoms with Crippen LogP contribution < -0.4 is 0 Å². The predicted octanol–water partition coefficient (Wildman–Crippen LogP) is 5.18. The zero-order valence-electron chi connectivity index (χ0n) is 14.7. The third kappa shape index (κ3) is 3.01. The van der Waals surface area contributed by atoms with Crippen LogP contribution in [-0.2, 0) is 0 Å². The van der Waals surface area contributed by atoms with Crippen molar-refractivity contribution in [1.82, 2.24) is 14.9 Å². The van der Waals surface area contributed by atoms with Crippen LogP contribution in [0.2, 0.25) is 0 Å². The number of rotatable bonds is 3. The van der Waals surface area contributed by atoms with Gasteiger partial charge in [0.2, 0.25) is 5.16 Å². The van der Waals surface area contributed by atoms with Gasteiger partial charge in [-0.3, -0.25) is 0 Å². The summed E-state index contributed by atoms with van der Waals surface area (Å²) in [6.45, 7) is 0. The highest BCUT2D eigenvalue weighted by Gasteiger charge is 2.30. The Morgan fingerprint density at radius 2 is 1.50 bits per heavy atom. The number of nitrogens with zero attached hydrogens (tertiary/aromatic N) is 4. The number of fused-ring (bicyclic) bond motifs is 1. The molecule has 1 aliphatic rings. The molecule has 28 heavy (non-hydrogen) atoms. The number of thioether (sulfide) groups is 1. The molecule has 0 amide bonds. The predicted molar refractivity (Wildman–Crippen MR) is 109 cm³/mol. The molecule has 0 saturated carbocycles. The second-order valence-corrected chi connectivity index (χ2v) is 7.46. The monoisotopic (exact) mass is 386 g/mol. The second-order valence-electron chi connectivity index (χ2n) is 6.39. The van der Waals surface area contributed by atoms with E-state index in [0.29, 0.717) is 16.5 Å². The lowest BCUT2D eigenvalue weighted by molar-refractivity contribution is 0.628. The average Bonchev–Trinajstić information content (AvgIpc) is 3.17. The SMILES string of the molecule is Fc1cccc(-c2nnc3n2N=C(c2ccccc2)[C@@H](c2ccccc2)S3)c1. The summed E-state index contributed by atoms with van der Waals surface area (Å²) in [6.07, 6.45) is 0. The summed E-state index contributed by atoms with van der Waals surface area (Å²) in [5, 5.41) is 14.2. The summed E-state index contributed by atoms with van der Waals surface area (Å²) >= 11 is 1.60. The normalized spacial score (nSPS) is 15.8. The summed E-state index contributed by atoms with van der Waals surface area (Å²) in [6, 6.07) is 26.7. The van der Waals surface area contributed by atoms with Crippen LogP contribution in [0.25, 0.3) is 11.4 Å². The van der Waals surface area contributed by atoms with Gasteiger partial charge in [0.1, 0.15) is 5.82 Å². The molecular formula is C22H15FN4S. The average molecular weight is 386 g/mol. The van der Waals surface area contributed by atoms with Crippen molar-refractivity contribution >= 4 is 17.5 Å². The van der Waals surface area contributed by atoms with Crippen LogP contribution in [0.4, 0.5) is 4.39 Å². The second kappa shape index (κ2) is 7.05. The van der Waals surface area contributed by atoms with Gasteiger partial charge in [0.05, 0.1) is 11.0 Å². The lowest BCUT2D eigenvalue weighted by Gasteiger charge is -2.23. The lowest BCUT2D eigenvalue weighted by atomic mass is 10.0. The lowest BCUT2D eigenvalue weighted by Crippen LogP contribution is -2.18. The molecule has 1 aromatic heterocycles. The molecule has 4 aromatic rings. The van der Waals surface area contributed by atoms with E-state index in [4.69, 9.17) is 5.10 Å². The zero-order chi connectivity index (χ0) is 18.9. The van der Waals surface area contributed by atoms with E-state index in [9.17, 15) is 4.39 Å². The maximum absolute atomic E-state index is 13.7. The first-order valence-electron chi connectivity index (χ1n) is 8.87. The van der Waals surface area contributed by atoms with Crippen molar-refractivity contribution in [3.8, 4) is 11.4 Å². The topological polar surface area (TPSA) is 43.1 Å². The smallest absolute Gasteiger partial charge is 0.207 e. The third-order valence-electron chi connectivity index (χ3n) is 4.55. The summed E-state index contributed by atoms with van der Waals surface area (Å²) in [7, 11) is 0. The van der Waals surface area contributed by atoms with E-state index in [1.807, 2.05) is 54.6 Å². The van der Waals surface area contributed by atoms with Crippen molar-refractivity contribution in [3.63, 3.8) is 0 Å². The first-order valence-corrected chi connectivity index (χ1v) is 9.75. The Morgan fingerprint density at radius 3 is 2.25 bits per heavy atom. The van der Waals surface area contributed by atoms with Crippen LogP contribution in [0.3, 0.4) is 0 Å². The number of halogens is 1. The highest BCUT2D eigenvalue weighted by molar-refractivity contribution is 8.00. The van der Waals surface area contributed by atoms with Crippen molar-refractivity contribution in [2.75, 3.05) is 0 Å². The van der Waals surface area contributed by atoms with Crippen LogP contribution in [0.1, 0.15) is 16.4 Å². The molecule has 136 valence electrons. The van der Waals surface area contributed by atoms with E-state index in [1.54, 1.807) is 22.5 Å². The van der Waals surface area contributed by atoms with E-state index in [-0.39, 0.29) is 11.1 Å². The Balaban J connectivity index is 1.67. The van der Waals surface area contributed by atoms with Gasteiger partial charge < -0.3 is 0 Å². The van der Waals surface area contributed by atoms with Gasteiger partial charge in [-0.2, -0.15) is 9.78 Å². The molecule has 0 N–H and O–H groups in total. The molecule has 1 atom stereocenters. The van der Waals surface area contributed by atoms with Crippen molar-refractivity contribution < 1.29 is 4.39 Å². The van der Waals surface area contributed by atoms with Gasteiger partial charge in [-0.1, -0.05) is 84.6 Å². The molecule has 0 bridgehead atoms. The molecule has 6 heteroatoms. The summed E-state index contributed by atoms with van der Waals surface area (Å²) in [4.78, 5) is 0. The molecule has 5 rings (SSSR count). The Labute approximate surface area is 165 Å². The Morgan fingerprint density at radius 1 is 0.786 bits per heavy atom. The molecule has 1 aliphatic heterocycles. The fraction of sp³-hybridized carbons (Fsp3) is 0.0455. The van der Waals surface area contributed by atoms with Crippen molar-refractivity contribution in [2.45, 2.75) is 10.4 Å². The largest absolute Gasteiger partial charge is 0.213 e. The Bertz CT molecular complexity index is 1160. The van der Waals surface area contributed by atoms with E-state index in [0.717, 1.165) is 16.8 Å². The maximum Gasteiger partial charge on any atom is 0.213 e. The first kappa shape index (κ1) is 16.9. The maximum atomic E-state index is 13.7. The van der Waals surface area contributed by atoms with E-state index < -0.39 is 0 Å². The summed E-state index contributed by atoms with van der Waals surface area (Å²) in [5.74, 6) is 0.217. The summed E-state index contributed by atoms with van der Waals surface area (Å²) < 4.78 is 15.4. The molecular weight excluding hydrogens is 371 g/mol. The minimum atomic E-state index is -0.312. The standard InChI is InChI=1S/C22H15FN4S/c23-18-13-7-12-17(14-18)21-24-25-22-27(21)26-19(15-8-3-1-4-9-15)20(28-22)16-10-5-2-6-11-16/h1-14,20H/t20-/m1/s1. The molecule has 0 fully saturated rings. The quantitative estimate of drug-likeness (QED) is 0.487. The number of benzene rings is 3. The summed E-state index contributed by atoms with van der Waals surface area (Å²) in [5.41, 5.74) is 3.75.